The summed E-state index contributed by atoms with van der Waals surface area (Å²) in [6.07, 6.45) is 0. The lowest BCUT2D eigenvalue weighted by Gasteiger charge is -1.92. The standard InChI is InChI=1S/C9H9ClNP/c1-5-7-3-2-6(12)4-8(7)11-9(5)10/h2-4,11H,12H2,1H3. The minimum atomic E-state index is 0.737. The van der Waals surface area contributed by atoms with Crippen LogP contribution in [0.5, 0.6) is 0 Å². The van der Waals surface area contributed by atoms with E-state index in [1.165, 1.54) is 10.7 Å². The maximum atomic E-state index is 5.94. The molecule has 0 fully saturated rings. The van der Waals surface area contributed by atoms with Crippen LogP contribution in [0, 0.1) is 6.92 Å². The Kier molecular flexibility index (Phi) is 1.86. The van der Waals surface area contributed by atoms with Crippen molar-refractivity contribution in [3.05, 3.63) is 28.9 Å². The second-order valence-electron chi connectivity index (χ2n) is 2.87. The van der Waals surface area contributed by atoms with E-state index in [1.807, 2.05) is 6.92 Å². The van der Waals surface area contributed by atoms with Crippen molar-refractivity contribution in [2.45, 2.75) is 6.92 Å². The summed E-state index contributed by atoms with van der Waals surface area (Å²) in [5.74, 6) is 0. The highest BCUT2D eigenvalue weighted by Crippen LogP contribution is 2.24. The van der Waals surface area contributed by atoms with Gasteiger partial charge in [0.15, 0.2) is 0 Å². The maximum absolute atomic E-state index is 5.94. The molecule has 0 radical (unpaired) electrons. The highest BCUT2D eigenvalue weighted by atomic mass is 35.5. The van der Waals surface area contributed by atoms with Crippen LogP contribution in [-0.2, 0) is 0 Å². The zero-order valence-corrected chi connectivity index (χ0v) is 8.60. The summed E-state index contributed by atoms with van der Waals surface area (Å²) in [5.41, 5.74) is 2.22. The number of benzene rings is 1. The van der Waals surface area contributed by atoms with E-state index in [0.717, 1.165) is 16.2 Å². The van der Waals surface area contributed by atoms with Crippen molar-refractivity contribution in [2.75, 3.05) is 0 Å². The minimum absolute atomic E-state index is 0.737. The smallest absolute Gasteiger partial charge is 0.110 e. The Morgan fingerprint density at radius 3 is 2.92 bits per heavy atom. The second-order valence-corrected chi connectivity index (χ2v) is 3.91. The molecule has 0 saturated heterocycles. The maximum Gasteiger partial charge on any atom is 0.110 e. The van der Waals surface area contributed by atoms with Crippen LogP contribution >= 0.6 is 20.8 Å². The molecule has 1 unspecified atom stereocenters. The van der Waals surface area contributed by atoms with Crippen LogP contribution in [0.25, 0.3) is 10.9 Å². The molecule has 0 bridgehead atoms. The van der Waals surface area contributed by atoms with Gasteiger partial charge in [-0.2, -0.15) is 0 Å². The molecule has 3 heteroatoms. The van der Waals surface area contributed by atoms with E-state index in [0.29, 0.717) is 0 Å². The molecule has 1 N–H and O–H groups in total. The number of aromatic amines is 1. The fourth-order valence-corrected chi connectivity index (χ4v) is 1.79. The normalized spacial score (nSPS) is 10.9. The van der Waals surface area contributed by atoms with Gasteiger partial charge in [-0.25, -0.2) is 0 Å². The lowest BCUT2D eigenvalue weighted by molar-refractivity contribution is 1.43. The first-order chi connectivity index (χ1) is 5.68. The highest BCUT2D eigenvalue weighted by molar-refractivity contribution is 7.27. The third-order valence-electron chi connectivity index (χ3n) is 2.02. The summed E-state index contributed by atoms with van der Waals surface area (Å²) in [6.45, 7) is 2.02. The van der Waals surface area contributed by atoms with Crippen molar-refractivity contribution in [1.82, 2.24) is 4.98 Å². The summed E-state index contributed by atoms with van der Waals surface area (Å²) in [6, 6.07) is 6.21. The van der Waals surface area contributed by atoms with Crippen LogP contribution in [0.2, 0.25) is 5.15 Å². The highest BCUT2D eigenvalue weighted by Gasteiger charge is 2.03. The van der Waals surface area contributed by atoms with Crippen LogP contribution in [0.15, 0.2) is 18.2 Å². The number of halogens is 1. The van der Waals surface area contributed by atoms with Gasteiger partial charge >= 0.3 is 0 Å². The molecule has 2 aromatic rings. The first-order valence-corrected chi connectivity index (χ1v) is 4.67. The van der Waals surface area contributed by atoms with Gasteiger partial charge in [-0.1, -0.05) is 23.7 Å². The number of fused-ring (bicyclic) bond motifs is 1. The van der Waals surface area contributed by atoms with E-state index in [-0.39, 0.29) is 0 Å². The van der Waals surface area contributed by atoms with E-state index in [1.54, 1.807) is 0 Å². The number of H-pyrrole nitrogens is 1. The van der Waals surface area contributed by atoms with E-state index >= 15 is 0 Å². The van der Waals surface area contributed by atoms with Crippen molar-refractivity contribution in [3.8, 4) is 0 Å². The molecule has 0 aliphatic rings. The monoisotopic (exact) mass is 197 g/mol. The fraction of sp³-hybridized carbons (Fsp3) is 0.111. The van der Waals surface area contributed by atoms with Crippen LogP contribution in [0.1, 0.15) is 5.56 Å². The molecule has 2 rings (SSSR count). The van der Waals surface area contributed by atoms with Gasteiger partial charge in [0.25, 0.3) is 0 Å². The van der Waals surface area contributed by atoms with Gasteiger partial charge in [0.2, 0.25) is 0 Å². The molecule has 12 heavy (non-hydrogen) atoms. The molecule has 0 saturated carbocycles. The van der Waals surface area contributed by atoms with Crippen molar-refractivity contribution in [2.24, 2.45) is 0 Å². The van der Waals surface area contributed by atoms with Gasteiger partial charge in [-0.15, -0.1) is 9.24 Å². The van der Waals surface area contributed by atoms with Gasteiger partial charge in [0.05, 0.1) is 0 Å². The molecule has 0 aliphatic carbocycles. The number of aryl methyl sites for hydroxylation is 1. The lowest BCUT2D eigenvalue weighted by atomic mass is 10.2. The number of hydrogen-bond acceptors (Lipinski definition) is 0. The molecule has 1 heterocycles. The minimum Gasteiger partial charge on any atom is -0.345 e. The molecule has 0 amide bonds. The Hall–Kier alpha value is -0.520. The van der Waals surface area contributed by atoms with E-state index in [9.17, 15) is 0 Å². The molecule has 0 spiro atoms. The summed E-state index contributed by atoms with van der Waals surface area (Å²) >= 11 is 5.94. The molecule has 1 nitrogen and oxygen atoms in total. The van der Waals surface area contributed by atoms with Crippen molar-refractivity contribution < 1.29 is 0 Å². The second kappa shape index (κ2) is 2.76. The van der Waals surface area contributed by atoms with E-state index in [2.05, 4.69) is 32.4 Å². The molecule has 0 aliphatic heterocycles. The molecule has 1 aromatic carbocycles. The number of rotatable bonds is 0. The Morgan fingerprint density at radius 1 is 1.42 bits per heavy atom. The number of aromatic nitrogens is 1. The topological polar surface area (TPSA) is 15.8 Å². The third kappa shape index (κ3) is 1.14. The van der Waals surface area contributed by atoms with Crippen LogP contribution < -0.4 is 5.30 Å². The van der Waals surface area contributed by atoms with Crippen molar-refractivity contribution in [3.63, 3.8) is 0 Å². The van der Waals surface area contributed by atoms with Crippen LogP contribution in [0.4, 0.5) is 0 Å². The fourth-order valence-electron chi connectivity index (χ4n) is 1.32. The quantitative estimate of drug-likeness (QED) is 0.625. The summed E-state index contributed by atoms with van der Waals surface area (Å²) in [7, 11) is 2.66. The average Bonchev–Trinajstić information content (AvgIpc) is 2.28. The van der Waals surface area contributed by atoms with Gasteiger partial charge in [0, 0.05) is 10.9 Å². The molecule has 1 aromatic heterocycles. The Morgan fingerprint density at radius 2 is 2.17 bits per heavy atom. The predicted molar refractivity (Wildman–Crippen MR) is 57.4 cm³/mol. The average molecular weight is 198 g/mol. The lowest BCUT2D eigenvalue weighted by Crippen LogP contribution is -1.86. The molecular formula is C9H9ClNP. The van der Waals surface area contributed by atoms with Crippen molar-refractivity contribution >= 4 is 37.0 Å². The Labute approximate surface area is 78.3 Å². The predicted octanol–water partition coefficient (Wildman–Crippen LogP) is 2.63. The van der Waals surface area contributed by atoms with Gasteiger partial charge < -0.3 is 4.98 Å². The first kappa shape index (κ1) is 8.10. The molecule has 62 valence electrons. The largest absolute Gasteiger partial charge is 0.345 e. The zero-order chi connectivity index (χ0) is 8.72. The zero-order valence-electron chi connectivity index (χ0n) is 6.69. The van der Waals surface area contributed by atoms with Crippen LogP contribution in [0.3, 0.4) is 0 Å². The van der Waals surface area contributed by atoms with Gasteiger partial charge in [0.1, 0.15) is 5.15 Å². The van der Waals surface area contributed by atoms with E-state index < -0.39 is 0 Å². The molecular weight excluding hydrogens is 189 g/mol. The summed E-state index contributed by atoms with van der Waals surface area (Å²) in [5, 5.41) is 3.10. The van der Waals surface area contributed by atoms with E-state index in [4.69, 9.17) is 11.6 Å². The summed E-state index contributed by atoms with van der Waals surface area (Å²) < 4.78 is 0. The number of nitrogens with one attached hydrogen (secondary N) is 1. The van der Waals surface area contributed by atoms with Crippen molar-refractivity contribution in [1.29, 1.82) is 0 Å². The summed E-state index contributed by atoms with van der Waals surface area (Å²) in [4.78, 5) is 3.12. The Balaban J connectivity index is 2.87. The molecule has 1 atom stereocenters. The van der Waals surface area contributed by atoms with Gasteiger partial charge in [-0.3, -0.25) is 0 Å². The SMILES string of the molecule is Cc1c(Cl)[nH]c2cc(P)ccc12. The third-order valence-corrected chi connectivity index (χ3v) is 2.76. The van der Waals surface area contributed by atoms with Gasteiger partial charge in [-0.05, 0) is 23.9 Å². The van der Waals surface area contributed by atoms with Crippen LogP contribution in [-0.4, -0.2) is 4.98 Å². The Bertz CT molecular complexity index is 433. The number of hydrogen-bond donors (Lipinski definition) is 1. The first-order valence-electron chi connectivity index (χ1n) is 3.72.